The summed E-state index contributed by atoms with van der Waals surface area (Å²) >= 11 is -2.08. The van der Waals surface area contributed by atoms with Crippen LogP contribution in [0.4, 0.5) is 0 Å². The number of hydrogen-bond donors (Lipinski definition) is 0. The van der Waals surface area contributed by atoms with E-state index >= 15 is 0 Å². The normalized spacial score (nSPS) is 10.6. The summed E-state index contributed by atoms with van der Waals surface area (Å²) in [4.78, 5) is 0.331. The van der Waals surface area contributed by atoms with Crippen LogP contribution in [0.3, 0.4) is 0 Å². The van der Waals surface area contributed by atoms with E-state index in [0.29, 0.717) is 4.90 Å². The summed E-state index contributed by atoms with van der Waals surface area (Å²) in [7, 11) is 0. The third-order valence-electron chi connectivity index (χ3n) is 0.936. The van der Waals surface area contributed by atoms with Crippen LogP contribution >= 0.6 is 27.0 Å². The van der Waals surface area contributed by atoms with E-state index in [1.165, 1.54) is 0 Å². The van der Waals surface area contributed by atoms with Crippen molar-refractivity contribution < 1.29 is 8.76 Å². The molecule has 1 rings (SSSR count). The molecule has 1 aromatic rings. The maximum atomic E-state index is 10.2. The van der Waals surface area contributed by atoms with Crippen LogP contribution in [0.15, 0.2) is 35.2 Å². The second kappa shape index (κ2) is 6.72. The van der Waals surface area contributed by atoms with Crippen molar-refractivity contribution in [2.24, 2.45) is 0 Å². The molecule has 0 radical (unpaired) electrons. The van der Waals surface area contributed by atoms with Crippen molar-refractivity contribution >= 4 is 38.1 Å². The molecule has 11 heavy (non-hydrogen) atoms. The summed E-state index contributed by atoms with van der Waals surface area (Å²) in [5.74, 6) is 0. The van der Waals surface area contributed by atoms with Gasteiger partial charge in [-0.3, -0.25) is 4.21 Å². The molecule has 1 atom stereocenters. The zero-order valence-corrected chi connectivity index (χ0v) is 8.43. The van der Waals surface area contributed by atoms with Gasteiger partial charge in [-0.05, 0) is 23.2 Å². The monoisotopic (exact) mass is 209 g/mol. The molecule has 0 N–H and O–H groups in total. The second-order valence-corrected chi connectivity index (χ2v) is 2.49. The van der Waals surface area contributed by atoms with E-state index in [9.17, 15) is 8.76 Å². The van der Waals surface area contributed by atoms with Gasteiger partial charge >= 0.3 is 0 Å². The van der Waals surface area contributed by atoms with Gasteiger partial charge in [0.2, 0.25) is 0 Å². The van der Waals surface area contributed by atoms with E-state index in [1.807, 2.05) is 0 Å². The SMILES string of the molecule is O=S([O-])c1ccccc1.S.S. The van der Waals surface area contributed by atoms with Gasteiger partial charge in [0.05, 0.1) is 0 Å². The fourth-order valence-corrected chi connectivity index (χ4v) is 0.911. The highest BCUT2D eigenvalue weighted by molar-refractivity contribution is 7.79. The van der Waals surface area contributed by atoms with Crippen LogP contribution in [-0.4, -0.2) is 8.76 Å². The smallest absolute Gasteiger partial charge is 0.0248 e. The standard InChI is InChI=1S/C6H6O2S.2H2S/c7-9(8)6-4-2-1-3-5-6;;/h1-5H,(H,7,8);2*1H2/p-1. The molecule has 0 heterocycles. The highest BCUT2D eigenvalue weighted by atomic mass is 32.2. The molecule has 0 aliphatic heterocycles. The van der Waals surface area contributed by atoms with Gasteiger partial charge in [0.15, 0.2) is 0 Å². The summed E-state index contributed by atoms with van der Waals surface area (Å²) in [5.41, 5.74) is 0. The van der Waals surface area contributed by atoms with Crippen LogP contribution < -0.4 is 0 Å². The van der Waals surface area contributed by atoms with Gasteiger partial charge in [-0.15, -0.1) is 0 Å². The Kier molecular flexibility index (Phi) is 8.32. The second-order valence-electron chi connectivity index (χ2n) is 1.55. The Bertz CT molecular complexity index is 212. The van der Waals surface area contributed by atoms with Gasteiger partial charge in [0.1, 0.15) is 0 Å². The van der Waals surface area contributed by atoms with Crippen LogP contribution in [-0.2, 0) is 11.1 Å². The first-order valence-corrected chi connectivity index (χ1v) is 3.52. The lowest BCUT2D eigenvalue weighted by Crippen LogP contribution is -1.85. The third-order valence-corrected chi connectivity index (χ3v) is 1.59. The zero-order valence-electron chi connectivity index (χ0n) is 5.61. The summed E-state index contributed by atoms with van der Waals surface area (Å²) in [6.45, 7) is 0. The molecule has 0 aliphatic carbocycles. The average Bonchev–Trinajstić information content (AvgIpc) is 1.90. The Balaban J connectivity index is 0. The van der Waals surface area contributed by atoms with Gasteiger partial charge in [-0.1, -0.05) is 18.2 Å². The van der Waals surface area contributed by atoms with Crippen LogP contribution in [0.5, 0.6) is 0 Å². The van der Waals surface area contributed by atoms with Gasteiger partial charge < -0.3 is 4.55 Å². The van der Waals surface area contributed by atoms with E-state index in [-0.39, 0.29) is 27.0 Å². The molecule has 5 heteroatoms. The van der Waals surface area contributed by atoms with Crippen molar-refractivity contribution in [1.29, 1.82) is 0 Å². The lowest BCUT2D eigenvalue weighted by Gasteiger charge is -2.01. The first kappa shape index (κ1) is 13.6. The molecule has 2 nitrogen and oxygen atoms in total. The Morgan fingerprint density at radius 1 is 1.09 bits per heavy atom. The minimum Gasteiger partial charge on any atom is -0.768 e. The zero-order chi connectivity index (χ0) is 6.69. The predicted octanol–water partition coefficient (Wildman–Crippen LogP) is 1.15. The van der Waals surface area contributed by atoms with E-state index in [0.717, 1.165) is 0 Å². The van der Waals surface area contributed by atoms with Gasteiger partial charge in [0, 0.05) is 4.90 Å². The topological polar surface area (TPSA) is 40.1 Å². The van der Waals surface area contributed by atoms with Crippen molar-refractivity contribution in [3.8, 4) is 0 Å². The quantitative estimate of drug-likeness (QED) is 0.651. The molecule has 0 saturated heterocycles. The lowest BCUT2D eigenvalue weighted by molar-refractivity contribution is 0.537. The van der Waals surface area contributed by atoms with Crippen molar-refractivity contribution in [1.82, 2.24) is 0 Å². The third kappa shape index (κ3) is 4.47. The van der Waals surface area contributed by atoms with E-state index in [4.69, 9.17) is 0 Å². The average molecular weight is 209 g/mol. The molecular weight excluding hydrogens is 200 g/mol. The molecule has 0 bridgehead atoms. The molecule has 0 fully saturated rings. The number of hydrogen-bond acceptors (Lipinski definition) is 2. The molecule has 64 valence electrons. The molecule has 0 saturated carbocycles. The minimum absolute atomic E-state index is 0. The molecule has 0 spiro atoms. The summed E-state index contributed by atoms with van der Waals surface area (Å²) in [5, 5.41) is 0. The summed E-state index contributed by atoms with van der Waals surface area (Å²) in [6.07, 6.45) is 0. The Morgan fingerprint density at radius 3 is 1.82 bits per heavy atom. The van der Waals surface area contributed by atoms with Crippen LogP contribution in [0.1, 0.15) is 0 Å². The van der Waals surface area contributed by atoms with Crippen molar-refractivity contribution in [3.63, 3.8) is 0 Å². The molecule has 0 amide bonds. The largest absolute Gasteiger partial charge is 0.768 e. The van der Waals surface area contributed by atoms with Gasteiger partial charge in [-0.25, -0.2) is 0 Å². The number of rotatable bonds is 1. The van der Waals surface area contributed by atoms with E-state index in [1.54, 1.807) is 30.3 Å². The number of benzene rings is 1. The minimum atomic E-state index is -2.08. The predicted molar refractivity (Wildman–Crippen MR) is 54.4 cm³/mol. The maximum Gasteiger partial charge on any atom is 0.0248 e. The van der Waals surface area contributed by atoms with Crippen LogP contribution in [0.2, 0.25) is 0 Å². The molecule has 1 aromatic carbocycles. The van der Waals surface area contributed by atoms with Gasteiger partial charge in [0.25, 0.3) is 0 Å². The Hall–Kier alpha value is 0.0300. The summed E-state index contributed by atoms with van der Waals surface area (Å²) < 4.78 is 20.4. The summed E-state index contributed by atoms with van der Waals surface area (Å²) in [6, 6.07) is 8.23. The Labute approximate surface area is 82.2 Å². The fraction of sp³-hybridized carbons (Fsp3) is 0. The fourth-order valence-electron chi connectivity index (χ4n) is 0.532. The van der Waals surface area contributed by atoms with E-state index in [2.05, 4.69) is 0 Å². The first-order valence-electron chi connectivity index (χ1n) is 2.45. The van der Waals surface area contributed by atoms with Crippen molar-refractivity contribution in [2.45, 2.75) is 4.90 Å². The lowest BCUT2D eigenvalue weighted by atomic mass is 10.4. The Morgan fingerprint density at radius 2 is 1.55 bits per heavy atom. The molecule has 1 unspecified atom stereocenters. The maximum absolute atomic E-state index is 10.2. The first-order chi connectivity index (χ1) is 4.30. The molecular formula is C6H9O2S3-. The van der Waals surface area contributed by atoms with Crippen LogP contribution in [0, 0.1) is 0 Å². The molecule has 0 aromatic heterocycles. The van der Waals surface area contributed by atoms with Crippen molar-refractivity contribution in [3.05, 3.63) is 30.3 Å². The van der Waals surface area contributed by atoms with Crippen LogP contribution in [0.25, 0.3) is 0 Å². The van der Waals surface area contributed by atoms with E-state index < -0.39 is 11.1 Å². The van der Waals surface area contributed by atoms with Gasteiger partial charge in [-0.2, -0.15) is 27.0 Å². The highest BCUT2D eigenvalue weighted by Gasteiger charge is 1.84. The van der Waals surface area contributed by atoms with Crippen molar-refractivity contribution in [2.75, 3.05) is 0 Å². The molecule has 0 aliphatic rings. The highest BCUT2D eigenvalue weighted by Crippen LogP contribution is 2.00.